The van der Waals surface area contributed by atoms with E-state index in [1.54, 1.807) is 0 Å². The second kappa shape index (κ2) is 9.37. The van der Waals surface area contributed by atoms with Crippen LogP contribution in [0, 0.1) is 0 Å². The minimum absolute atomic E-state index is 0.246. The summed E-state index contributed by atoms with van der Waals surface area (Å²) in [5, 5.41) is 8.87. The van der Waals surface area contributed by atoms with Crippen LogP contribution in [-0.2, 0) is 4.79 Å². The lowest BCUT2D eigenvalue weighted by Gasteiger charge is -2.24. The van der Waals surface area contributed by atoms with Gasteiger partial charge in [0.1, 0.15) is 0 Å². The lowest BCUT2D eigenvalue weighted by Crippen LogP contribution is -2.35. The van der Waals surface area contributed by atoms with Crippen molar-refractivity contribution < 1.29 is 9.90 Å². The number of rotatable bonds is 9. The third kappa shape index (κ3) is 5.38. The van der Waals surface area contributed by atoms with Crippen molar-refractivity contribution in [2.75, 3.05) is 13.2 Å². The van der Waals surface area contributed by atoms with Gasteiger partial charge in [-0.3, -0.25) is 4.79 Å². The Bertz CT molecular complexity index is 231. The Labute approximate surface area is 112 Å². The quantitative estimate of drug-likeness (QED) is 0.643. The van der Waals surface area contributed by atoms with E-state index in [9.17, 15) is 4.79 Å². The average Bonchev–Trinajstić information content (AvgIpc) is 2.84. The minimum atomic E-state index is 0.246. The summed E-state index contributed by atoms with van der Waals surface area (Å²) in [5.74, 6) is 0.340. The van der Waals surface area contributed by atoms with Gasteiger partial charge in [-0.1, -0.05) is 32.6 Å². The molecule has 0 aromatic heterocycles. The van der Waals surface area contributed by atoms with Crippen LogP contribution in [0.4, 0.5) is 0 Å². The molecule has 0 aliphatic carbocycles. The summed E-state index contributed by atoms with van der Waals surface area (Å²) in [6.45, 7) is 3.39. The molecular formula is C15H29NO2. The molecule has 1 N–H and O–H groups in total. The monoisotopic (exact) mass is 255 g/mol. The van der Waals surface area contributed by atoms with Crippen molar-refractivity contribution in [2.24, 2.45) is 0 Å². The standard InChI is InChI=1S/C15H29NO2/c1-2-3-4-5-6-11-15(18)16-12-7-9-14(16)10-8-13-17/h14,17H,2-13H2,1H3. The average molecular weight is 255 g/mol. The molecule has 0 radical (unpaired) electrons. The fourth-order valence-electron chi connectivity index (χ4n) is 2.81. The summed E-state index contributed by atoms with van der Waals surface area (Å²) in [5.41, 5.74) is 0. The summed E-state index contributed by atoms with van der Waals surface area (Å²) < 4.78 is 0. The molecule has 1 aliphatic heterocycles. The molecule has 1 saturated heterocycles. The van der Waals surface area contributed by atoms with Crippen LogP contribution in [0.25, 0.3) is 0 Å². The van der Waals surface area contributed by atoms with E-state index in [0.717, 1.165) is 45.1 Å². The number of likely N-dealkylation sites (tertiary alicyclic amines) is 1. The van der Waals surface area contributed by atoms with Crippen LogP contribution >= 0.6 is 0 Å². The number of hydrogen-bond acceptors (Lipinski definition) is 2. The number of aliphatic hydroxyl groups excluding tert-OH is 1. The SMILES string of the molecule is CCCCCCCC(=O)N1CCCC1CCCO. The summed E-state index contributed by atoms with van der Waals surface area (Å²) in [6.07, 6.45) is 10.8. The first-order valence-corrected chi connectivity index (χ1v) is 7.70. The van der Waals surface area contributed by atoms with Crippen LogP contribution in [0.2, 0.25) is 0 Å². The first kappa shape index (κ1) is 15.5. The van der Waals surface area contributed by atoms with Crippen LogP contribution in [0.3, 0.4) is 0 Å². The molecule has 18 heavy (non-hydrogen) atoms. The summed E-state index contributed by atoms with van der Waals surface area (Å²) in [6, 6.07) is 0.403. The minimum Gasteiger partial charge on any atom is -0.396 e. The van der Waals surface area contributed by atoms with Crippen molar-refractivity contribution in [2.45, 2.75) is 77.2 Å². The maximum Gasteiger partial charge on any atom is 0.222 e. The number of hydrogen-bond donors (Lipinski definition) is 1. The van der Waals surface area contributed by atoms with E-state index in [2.05, 4.69) is 11.8 Å². The van der Waals surface area contributed by atoms with Crippen LogP contribution in [-0.4, -0.2) is 35.1 Å². The van der Waals surface area contributed by atoms with Gasteiger partial charge < -0.3 is 10.0 Å². The highest BCUT2D eigenvalue weighted by atomic mass is 16.3. The normalized spacial score (nSPS) is 19.4. The van der Waals surface area contributed by atoms with Crippen molar-refractivity contribution in [1.29, 1.82) is 0 Å². The topological polar surface area (TPSA) is 40.5 Å². The number of carbonyl (C=O) groups excluding carboxylic acids is 1. The molecule has 1 unspecified atom stereocenters. The van der Waals surface area contributed by atoms with Gasteiger partial charge in [0.25, 0.3) is 0 Å². The smallest absolute Gasteiger partial charge is 0.222 e. The van der Waals surface area contributed by atoms with Crippen LogP contribution < -0.4 is 0 Å². The van der Waals surface area contributed by atoms with Crippen molar-refractivity contribution in [3.63, 3.8) is 0 Å². The van der Waals surface area contributed by atoms with Gasteiger partial charge >= 0.3 is 0 Å². The molecule has 1 rings (SSSR count). The number of unbranched alkanes of at least 4 members (excludes halogenated alkanes) is 4. The van der Waals surface area contributed by atoms with E-state index in [-0.39, 0.29) is 6.61 Å². The lowest BCUT2D eigenvalue weighted by atomic mass is 10.1. The van der Waals surface area contributed by atoms with Gasteiger partial charge in [0.15, 0.2) is 0 Å². The Balaban J connectivity index is 2.18. The molecule has 1 amide bonds. The fourth-order valence-corrected chi connectivity index (χ4v) is 2.81. The highest BCUT2D eigenvalue weighted by Crippen LogP contribution is 2.22. The lowest BCUT2D eigenvalue weighted by molar-refractivity contribution is -0.132. The Morgan fingerprint density at radius 1 is 1.22 bits per heavy atom. The van der Waals surface area contributed by atoms with Crippen molar-refractivity contribution >= 4 is 5.91 Å². The van der Waals surface area contributed by atoms with Gasteiger partial charge in [-0.05, 0) is 32.1 Å². The molecule has 1 fully saturated rings. The van der Waals surface area contributed by atoms with Gasteiger partial charge in [0, 0.05) is 25.6 Å². The second-order valence-electron chi connectivity index (χ2n) is 5.41. The molecule has 1 heterocycles. The molecule has 0 bridgehead atoms. The predicted octanol–water partition coefficient (Wildman–Crippen LogP) is 3.11. The molecule has 106 valence electrons. The van der Waals surface area contributed by atoms with Crippen molar-refractivity contribution in [3.8, 4) is 0 Å². The van der Waals surface area contributed by atoms with E-state index >= 15 is 0 Å². The summed E-state index contributed by atoms with van der Waals surface area (Å²) in [7, 11) is 0. The van der Waals surface area contributed by atoms with Gasteiger partial charge in [0.05, 0.1) is 0 Å². The molecule has 3 heteroatoms. The maximum absolute atomic E-state index is 12.1. The van der Waals surface area contributed by atoms with E-state index < -0.39 is 0 Å². The third-order valence-electron chi connectivity index (χ3n) is 3.89. The van der Waals surface area contributed by atoms with Gasteiger partial charge in [0.2, 0.25) is 5.91 Å². The molecule has 1 atom stereocenters. The molecule has 0 aromatic rings. The number of carbonyl (C=O) groups is 1. The number of nitrogens with zero attached hydrogens (tertiary/aromatic N) is 1. The Morgan fingerprint density at radius 2 is 2.00 bits per heavy atom. The Kier molecular flexibility index (Phi) is 8.06. The van der Waals surface area contributed by atoms with E-state index in [1.165, 1.54) is 25.7 Å². The highest BCUT2D eigenvalue weighted by molar-refractivity contribution is 5.76. The number of amides is 1. The third-order valence-corrected chi connectivity index (χ3v) is 3.89. The van der Waals surface area contributed by atoms with Crippen LogP contribution in [0.15, 0.2) is 0 Å². The van der Waals surface area contributed by atoms with E-state index in [0.29, 0.717) is 11.9 Å². The predicted molar refractivity (Wildman–Crippen MR) is 74.4 cm³/mol. The van der Waals surface area contributed by atoms with Gasteiger partial charge in [-0.25, -0.2) is 0 Å². The molecule has 0 aromatic carbocycles. The zero-order valence-electron chi connectivity index (χ0n) is 11.9. The molecule has 0 spiro atoms. The zero-order valence-corrected chi connectivity index (χ0v) is 11.9. The molecular weight excluding hydrogens is 226 g/mol. The van der Waals surface area contributed by atoms with Crippen molar-refractivity contribution in [3.05, 3.63) is 0 Å². The van der Waals surface area contributed by atoms with Crippen LogP contribution in [0.1, 0.15) is 71.1 Å². The first-order chi connectivity index (χ1) is 8.79. The Hall–Kier alpha value is -0.570. The summed E-state index contributed by atoms with van der Waals surface area (Å²) >= 11 is 0. The zero-order chi connectivity index (χ0) is 13.2. The highest BCUT2D eigenvalue weighted by Gasteiger charge is 2.27. The second-order valence-corrected chi connectivity index (χ2v) is 5.41. The van der Waals surface area contributed by atoms with E-state index in [1.807, 2.05) is 0 Å². The largest absolute Gasteiger partial charge is 0.396 e. The molecule has 3 nitrogen and oxygen atoms in total. The molecule has 0 saturated carbocycles. The molecule has 1 aliphatic rings. The van der Waals surface area contributed by atoms with Crippen LogP contribution in [0.5, 0.6) is 0 Å². The van der Waals surface area contributed by atoms with Gasteiger partial charge in [-0.2, -0.15) is 0 Å². The van der Waals surface area contributed by atoms with E-state index in [4.69, 9.17) is 5.11 Å². The summed E-state index contributed by atoms with van der Waals surface area (Å²) in [4.78, 5) is 14.2. The van der Waals surface area contributed by atoms with Gasteiger partial charge in [-0.15, -0.1) is 0 Å². The maximum atomic E-state index is 12.1. The Morgan fingerprint density at radius 3 is 2.72 bits per heavy atom. The number of aliphatic hydroxyl groups is 1. The van der Waals surface area contributed by atoms with Crippen molar-refractivity contribution in [1.82, 2.24) is 4.90 Å². The first-order valence-electron chi connectivity index (χ1n) is 7.70. The fraction of sp³-hybridized carbons (Fsp3) is 0.933.